The van der Waals surface area contributed by atoms with E-state index in [0.717, 1.165) is 23.8 Å². The highest BCUT2D eigenvalue weighted by Crippen LogP contribution is 2.41. The number of rotatable bonds is 7. The van der Waals surface area contributed by atoms with E-state index in [1.165, 1.54) is 22.9 Å². The molecule has 0 N–H and O–H groups in total. The molecule has 7 nitrogen and oxygen atoms in total. The second kappa shape index (κ2) is 6.92. The van der Waals surface area contributed by atoms with Crippen LogP contribution in [0.5, 0.6) is 0 Å². The molecule has 0 bridgehead atoms. The van der Waals surface area contributed by atoms with Crippen LogP contribution in [0.2, 0.25) is 0 Å². The smallest absolute Gasteiger partial charge is 0.275 e. The number of hydrogen-bond acceptors (Lipinski definition) is 6. The molecule has 3 heterocycles. The average Bonchev–Trinajstić information content (AvgIpc) is 3.20. The van der Waals surface area contributed by atoms with Gasteiger partial charge in [-0.05, 0) is 33.6 Å². The fraction of sp³-hybridized carbons (Fsp3) is 0.556. The standard InChI is InChI=1S/C18H24N6OS/c1-4-23-10-13(8-19-23)9-22(12(2)3)11-15-7-16(25)24-18(20-15)26-17(21-24)14-5-6-14/h7-8,10,12,14H,4-6,9,11H2,1-3H3. The summed E-state index contributed by atoms with van der Waals surface area (Å²) < 4.78 is 3.38. The second-order valence-corrected chi connectivity index (χ2v) is 8.19. The molecule has 0 aromatic carbocycles. The maximum absolute atomic E-state index is 12.4. The Kier molecular flexibility index (Phi) is 4.62. The SMILES string of the molecule is CCn1cc(CN(Cc2cc(=O)n3nc(C4CC4)sc3n2)C(C)C)cn1. The maximum atomic E-state index is 12.4. The van der Waals surface area contributed by atoms with E-state index < -0.39 is 0 Å². The molecule has 0 spiro atoms. The lowest BCUT2D eigenvalue weighted by atomic mass is 10.2. The lowest BCUT2D eigenvalue weighted by molar-refractivity contribution is 0.201. The van der Waals surface area contributed by atoms with E-state index in [4.69, 9.17) is 4.98 Å². The van der Waals surface area contributed by atoms with Crippen molar-refractivity contribution in [3.05, 3.63) is 45.1 Å². The first-order chi connectivity index (χ1) is 12.5. The summed E-state index contributed by atoms with van der Waals surface area (Å²) in [5.41, 5.74) is 1.89. The summed E-state index contributed by atoms with van der Waals surface area (Å²) in [6.45, 7) is 8.69. The highest BCUT2D eigenvalue weighted by molar-refractivity contribution is 7.16. The molecule has 0 aliphatic heterocycles. The lowest BCUT2D eigenvalue weighted by Gasteiger charge is -2.25. The van der Waals surface area contributed by atoms with Gasteiger partial charge in [-0.1, -0.05) is 11.3 Å². The Labute approximate surface area is 156 Å². The van der Waals surface area contributed by atoms with Crippen molar-refractivity contribution in [2.24, 2.45) is 0 Å². The van der Waals surface area contributed by atoms with Crippen molar-refractivity contribution in [2.45, 2.75) is 65.2 Å². The van der Waals surface area contributed by atoms with Gasteiger partial charge in [-0.15, -0.1) is 0 Å². The third-order valence-electron chi connectivity index (χ3n) is 4.73. The predicted octanol–water partition coefficient (Wildman–Crippen LogP) is 2.66. The second-order valence-electron chi connectivity index (χ2n) is 7.20. The molecular formula is C18H24N6OS. The maximum Gasteiger partial charge on any atom is 0.275 e. The summed E-state index contributed by atoms with van der Waals surface area (Å²) in [6, 6.07) is 1.96. The largest absolute Gasteiger partial charge is 0.291 e. The van der Waals surface area contributed by atoms with Crippen LogP contribution in [0.4, 0.5) is 0 Å². The summed E-state index contributed by atoms with van der Waals surface area (Å²) in [5.74, 6) is 0.534. The van der Waals surface area contributed by atoms with E-state index in [2.05, 4.69) is 42.1 Å². The van der Waals surface area contributed by atoms with Crippen molar-refractivity contribution in [1.29, 1.82) is 0 Å². The van der Waals surface area contributed by atoms with Gasteiger partial charge in [-0.2, -0.15) is 14.7 Å². The molecule has 1 saturated carbocycles. The Hall–Kier alpha value is -2.06. The van der Waals surface area contributed by atoms with Gasteiger partial charge < -0.3 is 0 Å². The molecular weight excluding hydrogens is 348 g/mol. The summed E-state index contributed by atoms with van der Waals surface area (Å²) in [5, 5.41) is 9.83. The van der Waals surface area contributed by atoms with Crippen LogP contribution in [0.3, 0.4) is 0 Å². The predicted molar refractivity (Wildman–Crippen MR) is 101 cm³/mol. The van der Waals surface area contributed by atoms with Crippen molar-refractivity contribution in [3.8, 4) is 0 Å². The quantitative estimate of drug-likeness (QED) is 0.638. The first-order valence-electron chi connectivity index (χ1n) is 9.18. The van der Waals surface area contributed by atoms with E-state index in [1.807, 2.05) is 10.9 Å². The molecule has 4 rings (SSSR count). The Balaban J connectivity index is 1.57. The van der Waals surface area contributed by atoms with E-state index >= 15 is 0 Å². The van der Waals surface area contributed by atoms with Crippen molar-refractivity contribution in [1.82, 2.24) is 29.3 Å². The van der Waals surface area contributed by atoms with Gasteiger partial charge in [0.05, 0.1) is 11.9 Å². The van der Waals surface area contributed by atoms with Gasteiger partial charge in [-0.25, -0.2) is 4.98 Å². The van der Waals surface area contributed by atoms with Crippen LogP contribution in [0.1, 0.15) is 55.8 Å². The average molecular weight is 372 g/mol. The highest BCUT2D eigenvalue weighted by atomic mass is 32.1. The van der Waals surface area contributed by atoms with Gasteiger partial charge in [0.2, 0.25) is 4.96 Å². The number of aromatic nitrogens is 5. The number of hydrogen-bond donors (Lipinski definition) is 0. The zero-order valence-electron chi connectivity index (χ0n) is 15.4. The molecule has 0 atom stereocenters. The summed E-state index contributed by atoms with van der Waals surface area (Å²) in [6.07, 6.45) is 6.34. The molecule has 3 aromatic heterocycles. The zero-order chi connectivity index (χ0) is 18.3. The molecule has 3 aromatic rings. The number of aryl methyl sites for hydroxylation is 1. The molecule has 1 fully saturated rings. The van der Waals surface area contributed by atoms with E-state index in [1.54, 1.807) is 17.4 Å². The minimum Gasteiger partial charge on any atom is -0.291 e. The summed E-state index contributed by atoms with van der Waals surface area (Å²) in [7, 11) is 0. The zero-order valence-corrected chi connectivity index (χ0v) is 16.2. The van der Waals surface area contributed by atoms with Crippen molar-refractivity contribution < 1.29 is 0 Å². The van der Waals surface area contributed by atoms with Crippen molar-refractivity contribution in [3.63, 3.8) is 0 Å². The highest BCUT2D eigenvalue weighted by Gasteiger charge is 2.28. The summed E-state index contributed by atoms with van der Waals surface area (Å²) >= 11 is 1.55. The van der Waals surface area contributed by atoms with Crippen LogP contribution in [-0.4, -0.2) is 35.3 Å². The monoisotopic (exact) mass is 372 g/mol. The Morgan fingerprint density at radius 1 is 1.35 bits per heavy atom. The third kappa shape index (κ3) is 3.57. The van der Waals surface area contributed by atoms with Gasteiger partial charge in [0.25, 0.3) is 5.56 Å². The minimum atomic E-state index is -0.0874. The molecule has 0 unspecified atom stereocenters. The van der Waals surface area contributed by atoms with Gasteiger partial charge >= 0.3 is 0 Å². The molecule has 26 heavy (non-hydrogen) atoms. The Morgan fingerprint density at radius 2 is 2.15 bits per heavy atom. The number of nitrogens with zero attached hydrogens (tertiary/aromatic N) is 6. The molecule has 0 saturated heterocycles. The first-order valence-corrected chi connectivity index (χ1v) is 10.00. The van der Waals surface area contributed by atoms with Gasteiger partial charge in [0.1, 0.15) is 5.01 Å². The molecule has 8 heteroatoms. The van der Waals surface area contributed by atoms with Crippen LogP contribution in [0.25, 0.3) is 4.96 Å². The van der Waals surface area contributed by atoms with Crippen LogP contribution in [-0.2, 0) is 19.6 Å². The minimum absolute atomic E-state index is 0.0874. The van der Waals surface area contributed by atoms with E-state index in [0.29, 0.717) is 23.5 Å². The fourth-order valence-corrected chi connectivity index (χ4v) is 4.06. The summed E-state index contributed by atoms with van der Waals surface area (Å²) in [4.78, 5) is 20.2. The molecule has 0 amide bonds. The lowest BCUT2D eigenvalue weighted by Crippen LogP contribution is -2.31. The van der Waals surface area contributed by atoms with Crippen LogP contribution >= 0.6 is 11.3 Å². The molecule has 1 aliphatic rings. The van der Waals surface area contributed by atoms with Crippen molar-refractivity contribution >= 4 is 16.3 Å². The fourth-order valence-electron chi connectivity index (χ4n) is 2.97. The first kappa shape index (κ1) is 17.4. The Bertz CT molecular complexity index is 968. The van der Waals surface area contributed by atoms with Gasteiger partial charge in [0.15, 0.2) is 0 Å². The van der Waals surface area contributed by atoms with Crippen LogP contribution in [0.15, 0.2) is 23.3 Å². The van der Waals surface area contributed by atoms with Crippen LogP contribution in [0, 0.1) is 0 Å². The van der Waals surface area contributed by atoms with Gasteiger partial charge in [-0.3, -0.25) is 14.4 Å². The Morgan fingerprint density at radius 3 is 2.81 bits per heavy atom. The third-order valence-corrected chi connectivity index (χ3v) is 5.80. The molecule has 0 radical (unpaired) electrons. The van der Waals surface area contributed by atoms with Crippen molar-refractivity contribution in [2.75, 3.05) is 0 Å². The topological polar surface area (TPSA) is 68.3 Å². The van der Waals surface area contributed by atoms with E-state index in [9.17, 15) is 4.79 Å². The van der Waals surface area contributed by atoms with Crippen LogP contribution < -0.4 is 5.56 Å². The number of fused-ring (bicyclic) bond motifs is 1. The molecule has 1 aliphatic carbocycles. The van der Waals surface area contributed by atoms with E-state index in [-0.39, 0.29) is 5.56 Å². The normalized spacial score (nSPS) is 14.8. The molecule has 138 valence electrons. The van der Waals surface area contributed by atoms with Gasteiger partial charge in [0, 0.05) is 49.4 Å².